The average molecular weight is 278 g/mol. The van der Waals surface area contributed by atoms with Gasteiger partial charge < -0.3 is 9.73 Å². The average Bonchev–Trinajstić information content (AvgIpc) is 2.82. The second-order valence-electron chi connectivity index (χ2n) is 4.58. The van der Waals surface area contributed by atoms with E-state index in [-0.39, 0.29) is 18.3 Å². The van der Waals surface area contributed by atoms with E-state index < -0.39 is 10.7 Å². The maximum Gasteiger partial charge on any atom is 0.274 e. The summed E-state index contributed by atoms with van der Waals surface area (Å²) < 4.78 is 18.7. The first-order valence-electron chi connectivity index (χ1n) is 6.20. The minimum absolute atomic E-state index is 0.0956. The van der Waals surface area contributed by atoms with Gasteiger partial charge in [0, 0.05) is 18.2 Å². The Labute approximate surface area is 115 Å². The number of aryl methyl sites for hydroxylation is 1. The van der Waals surface area contributed by atoms with Gasteiger partial charge in [0.2, 0.25) is 0 Å². The fourth-order valence-corrected chi connectivity index (χ4v) is 1.92. The zero-order valence-corrected chi connectivity index (χ0v) is 11.2. The van der Waals surface area contributed by atoms with Crippen LogP contribution in [0.5, 0.6) is 0 Å². The Morgan fingerprint density at radius 1 is 1.40 bits per heavy atom. The van der Waals surface area contributed by atoms with Crippen molar-refractivity contribution in [3.05, 3.63) is 63.3 Å². The van der Waals surface area contributed by atoms with Gasteiger partial charge >= 0.3 is 0 Å². The van der Waals surface area contributed by atoms with Gasteiger partial charge in [-0.1, -0.05) is 0 Å². The zero-order chi connectivity index (χ0) is 14.7. The summed E-state index contributed by atoms with van der Waals surface area (Å²) in [5.41, 5.74) is 0.215. The Morgan fingerprint density at radius 2 is 2.15 bits per heavy atom. The van der Waals surface area contributed by atoms with Gasteiger partial charge in [0.25, 0.3) is 5.69 Å². The van der Waals surface area contributed by atoms with Crippen molar-refractivity contribution in [1.29, 1.82) is 0 Å². The SMILES string of the molecule is Cc1ccc(C(C)NCc2cc(F)ccc2[N+](=O)[O-])o1. The maximum absolute atomic E-state index is 13.2. The highest BCUT2D eigenvalue weighted by Gasteiger charge is 2.16. The quantitative estimate of drug-likeness (QED) is 0.671. The number of benzene rings is 1. The lowest BCUT2D eigenvalue weighted by atomic mass is 10.1. The van der Waals surface area contributed by atoms with Crippen molar-refractivity contribution in [2.24, 2.45) is 0 Å². The molecule has 5 nitrogen and oxygen atoms in total. The molecule has 0 saturated heterocycles. The second-order valence-corrected chi connectivity index (χ2v) is 4.58. The molecule has 1 unspecified atom stereocenters. The van der Waals surface area contributed by atoms with Crippen LogP contribution in [-0.2, 0) is 6.54 Å². The van der Waals surface area contributed by atoms with Gasteiger partial charge in [-0.2, -0.15) is 0 Å². The van der Waals surface area contributed by atoms with Crippen molar-refractivity contribution < 1.29 is 13.7 Å². The first-order chi connectivity index (χ1) is 9.47. The predicted molar refractivity (Wildman–Crippen MR) is 71.8 cm³/mol. The molecule has 0 fully saturated rings. The second kappa shape index (κ2) is 5.83. The van der Waals surface area contributed by atoms with Crippen LogP contribution in [0.3, 0.4) is 0 Å². The van der Waals surface area contributed by atoms with Gasteiger partial charge in [-0.3, -0.25) is 10.1 Å². The van der Waals surface area contributed by atoms with Gasteiger partial charge in [0.15, 0.2) is 0 Å². The Balaban J connectivity index is 2.10. The number of halogens is 1. The van der Waals surface area contributed by atoms with Crippen LogP contribution in [0.25, 0.3) is 0 Å². The lowest BCUT2D eigenvalue weighted by Crippen LogP contribution is -2.18. The molecule has 1 N–H and O–H groups in total. The maximum atomic E-state index is 13.2. The fraction of sp³-hybridized carbons (Fsp3) is 0.286. The van der Waals surface area contributed by atoms with Crippen molar-refractivity contribution in [1.82, 2.24) is 5.32 Å². The van der Waals surface area contributed by atoms with Crippen LogP contribution in [0.15, 0.2) is 34.7 Å². The zero-order valence-electron chi connectivity index (χ0n) is 11.2. The highest BCUT2D eigenvalue weighted by Crippen LogP contribution is 2.21. The van der Waals surface area contributed by atoms with Crippen molar-refractivity contribution in [3.8, 4) is 0 Å². The minimum Gasteiger partial charge on any atom is -0.465 e. The number of nitrogens with one attached hydrogen (secondary N) is 1. The van der Waals surface area contributed by atoms with E-state index in [0.29, 0.717) is 5.56 Å². The summed E-state index contributed by atoms with van der Waals surface area (Å²) >= 11 is 0. The third-order valence-electron chi connectivity index (χ3n) is 3.02. The molecule has 106 valence electrons. The summed E-state index contributed by atoms with van der Waals surface area (Å²) in [5.74, 6) is 1.04. The molecular formula is C14H15FN2O3. The summed E-state index contributed by atoms with van der Waals surface area (Å²) in [6, 6.07) is 7.00. The van der Waals surface area contributed by atoms with Crippen molar-refractivity contribution in [2.45, 2.75) is 26.4 Å². The number of furan rings is 1. The van der Waals surface area contributed by atoms with Gasteiger partial charge in [0.05, 0.1) is 11.0 Å². The van der Waals surface area contributed by atoms with Crippen LogP contribution in [0.1, 0.15) is 30.0 Å². The largest absolute Gasteiger partial charge is 0.465 e. The van der Waals surface area contributed by atoms with Crippen LogP contribution in [-0.4, -0.2) is 4.92 Å². The molecule has 20 heavy (non-hydrogen) atoms. The molecule has 0 aliphatic rings. The van der Waals surface area contributed by atoms with Gasteiger partial charge in [-0.15, -0.1) is 0 Å². The van der Waals surface area contributed by atoms with E-state index in [1.807, 2.05) is 26.0 Å². The molecule has 0 bridgehead atoms. The number of hydrogen-bond acceptors (Lipinski definition) is 4. The van der Waals surface area contributed by atoms with E-state index in [4.69, 9.17) is 4.42 Å². The standard InChI is InChI=1S/C14H15FN2O3/c1-9-3-6-14(20-9)10(2)16-8-11-7-12(15)4-5-13(11)17(18)19/h3-7,10,16H,8H2,1-2H3. The molecule has 1 aromatic heterocycles. The molecule has 0 aliphatic heterocycles. The van der Waals surface area contributed by atoms with E-state index in [9.17, 15) is 14.5 Å². The number of hydrogen-bond donors (Lipinski definition) is 1. The molecule has 6 heteroatoms. The molecule has 1 atom stereocenters. The summed E-state index contributed by atoms with van der Waals surface area (Å²) in [6.45, 7) is 3.91. The summed E-state index contributed by atoms with van der Waals surface area (Å²) in [5, 5.41) is 14.0. The van der Waals surface area contributed by atoms with Crippen LogP contribution < -0.4 is 5.32 Å². The van der Waals surface area contributed by atoms with E-state index in [1.165, 1.54) is 12.1 Å². The Bertz CT molecular complexity index is 625. The Morgan fingerprint density at radius 3 is 2.75 bits per heavy atom. The topological polar surface area (TPSA) is 68.3 Å². The van der Waals surface area contributed by atoms with Crippen LogP contribution in [0.4, 0.5) is 10.1 Å². The molecule has 1 aromatic carbocycles. The molecule has 0 saturated carbocycles. The third kappa shape index (κ3) is 3.21. The van der Waals surface area contributed by atoms with E-state index >= 15 is 0 Å². The van der Waals surface area contributed by atoms with E-state index in [0.717, 1.165) is 17.6 Å². The molecule has 1 heterocycles. The van der Waals surface area contributed by atoms with Crippen molar-refractivity contribution in [2.75, 3.05) is 0 Å². The van der Waals surface area contributed by atoms with Gasteiger partial charge in [0.1, 0.15) is 17.3 Å². The molecular weight excluding hydrogens is 263 g/mol. The molecule has 2 aromatic rings. The van der Waals surface area contributed by atoms with Crippen molar-refractivity contribution >= 4 is 5.69 Å². The highest BCUT2D eigenvalue weighted by atomic mass is 19.1. The number of nitro groups is 1. The van der Waals surface area contributed by atoms with Crippen LogP contribution in [0, 0.1) is 22.9 Å². The Hall–Kier alpha value is -2.21. The normalized spacial score (nSPS) is 12.3. The molecule has 0 aliphatic carbocycles. The van der Waals surface area contributed by atoms with E-state index in [2.05, 4.69) is 5.32 Å². The van der Waals surface area contributed by atoms with Gasteiger partial charge in [-0.05, 0) is 38.1 Å². The Kier molecular flexibility index (Phi) is 4.14. The predicted octanol–water partition coefficient (Wildman–Crippen LogP) is 3.49. The highest BCUT2D eigenvalue weighted by molar-refractivity contribution is 5.40. The van der Waals surface area contributed by atoms with Gasteiger partial charge in [-0.25, -0.2) is 4.39 Å². The van der Waals surface area contributed by atoms with Crippen LogP contribution in [0.2, 0.25) is 0 Å². The first kappa shape index (κ1) is 14.2. The number of nitrogens with zero attached hydrogens (tertiary/aromatic N) is 1. The molecule has 0 radical (unpaired) electrons. The van der Waals surface area contributed by atoms with Crippen molar-refractivity contribution in [3.63, 3.8) is 0 Å². The van der Waals surface area contributed by atoms with Crippen LogP contribution >= 0.6 is 0 Å². The molecule has 0 amide bonds. The number of nitro benzene ring substituents is 1. The molecule has 0 spiro atoms. The monoisotopic (exact) mass is 278 g/mol. The first-order valence-corrected chi connectivity index (χ1v) is 6.20. The minimum atomic E-state index is -0.516. The fourth-order valence-electron chi connectivity index (χ4n) is 1.92. The van der Waals surface area contributed by atoms with E-state index in [1.54, 1.807) is 0 Å². The molecule has 2 rings (SSSR count). The third-order valence-corrected chi connectivity index (χ3v) is 3.02. The lowest BCUT2D eigenvalue weighted by Gasteiger charge is -2.11. The summed E-state index contributed by atoms with van der Waals surface area (Å²) in [6.07, 6.45) is 0. The number of rotatable bonds is 5. The summed E-state index contributed by atoms with van der Waals surface area (Å²) in [7, 11) is 0. The smallest absolute Gasteiger partial charge is 0.274 e. The lowest BCUT2D eigenvalue weighted by molar-refractivity contribution is -0.385. The summed E-state index contributed by atoms with van der Waals surface area (Å²) in [4.78, 5) is 10.4.